The predicted octanol–water partition coefficient (Wildman–Crippen LogP) is 0.735. The van der Waals surface area contributed by atoms with Crippen LogP contribution >= 0.6 is 11.8 Å². The molecule has 0 rings (SSSR count). The molecule has 0 amide bonds. The number of rotatable bonds is 2. The van der Waals surface area contributed by atoms with Crippen LogP contribution in [0.2, 0.25) is 0 Å². The lowest BCUT2D eigenvalue weighted by molar-refractivity contribution is 0.607. The van der Waals surface area contributed by atoms with Gasteiger partial charge in [0.1, 0.15) is 0 Å². The maximum atomic E-state index is 9.43. The lowest BCUT2D eigenvalue weighted by Gasteiger charge is -1.55. The molecule has 0 spiro atoms. The van der Waals surface area contributed by atoms with E-state index in [1.165, 1.54) is 0 Å². The third-order valence-corrected chi connectivity index (χ3v) is 1.49. The fourth-order valence-corrected chi connectivity index (χ4v) is 0.433. The summed E-state index contributed by atoms with van der Waals surface area (Å²) in [5.41, 5.74) is 0. The Labute approximate surface area is 39.6 Å². The predicted molar refractivity (Wildman–Crippen MR) is 26.4 cm³/mol. The van der Waals surface area contributed by atoms with Crippen LogP contribution in [0.15, 0.2) is 0 Å². The molecule has 0 saturated heterocycles. The van der Waals surface area contributed by atoms with Gasteiger partial charge in [-0.05, 0) is 6.26 Å². The molecule has 5 heavy (non-hydrogen) atoms. The van der Waals surface area contributed by atoms with Crippen LogP contribution in [0.4, 0.5) is 0 Å². The van der Waals surface area contributed by atoms with E-state index in [-0.39, 0.29) is 0 Å². The van der Waals surface area contributed by atoms with Crippen LogP contribution in [0.1, 0.15) is 0 Å². The number of hydrogen-bond donors (Lipinski definition) is 0. The molecule has 0 fully saturated rings. The average Bonchev–Trinajstić information content (AvgIpc) is 1.41. The summed E-state index contributed by atoms with van der Waals surface area (Å²) in [6, 6.07) is 0. The van der Waals surface area contributed by atoms with E-state index < -0.39 is 0 Å². The number of thioether (sulfide) groups is 1. The van der Waals surface area contributed by atoms with Crippen molar-refractivity contribution in [1.82, 2.24) is 0 Å². The van der Waals surface area contributed by atoms with Crippen LogP contribution in [0.3, 0.4) is 0 Å². The molecule has 0 aromatic heterocycles. The standard InChI is InChI=1S/C2H5OS2/c1-4-2-5-3/h2H2,1H3/q+1. The van der Waals surface area contributed by atoms with Gasteiger partial charge in [-0.15, -0.1) is 0 Å². The molecule has 30 valence electrons. The SMILES string of the molecule is CSC[S+]=O. The quantitative estimate of drug-likeness (QED) is 0.384. The summed E-state index contributed by atoms with van der Waals surface area (Å²) >= 11 is 2.17. The summed E-state index contributed by atoms with van der Waals surface area (Å²) in [5.74, 6) is 0. The minimum atomic E-state index is 0.615. The van der Waals surface area contributed by atoms with Gasteiger partial charge in [-0.25, -0.2) is 0 Å². The van der Waals surface area contributed by atoms with Crippen molar-refractivity contribution in [3.8, 4) is 0 Å². The van der Waals surface area contributed by atoms with Crippen LogP contribution in [0.25, 0.3) is 0 Å². The van der Waals surface area contributed by atoms with Crippen molar-refractivity contribution >= 4 is 23.4 Å². The van der Waals surface area contributed by atoms with E-state index in [0.717, 1.165) is 0 Å². The molecule has 0 unspecified atom stereocenters. The van der Waals surface area contributed by atoms with Crippen LogP contribution in [0.5, 0.6) is 0 Å². The van der Waals surface area contributed by atoms with Gasteiger partial charge in [0.2, 0.25) is 0 Å². The second-order valence-corrected chi connectivity index (χ2v) is 2.28. The first-order valence-electron chi connectivity index (χ1n) is 1.15. The second-order valence-electron chi connectivity index (χ2n) is 0.524. The van der Waals surface area contributed by atoms with Gasteiger partial charge in [0.05, 0.1) is 0 Å². The van der Waals surface area contributed by atoms with E-state index in [1.807, 2.05) is 6.26 Å². The van der Waals surface area contributed by atoms with Crippen molar-refractivity contribution in [3.05, 3.63) is 0 Å². The van der Waals surface area contributed by atoms with Gasteiger partial charge in [-0.1, -0.05) is 11.8 Å². The molecule has 0 atom stereocenters. The van der Waals surface area contributed by atoms with Crippen molar-refractivity contribution in [2.75, 3.05) is 11.3 Å². The minimum Gasteiger partial charge on any atom is -0.0975 e. The minimum absolute atomic E-state index is 0.615. The van der Waals surface area contributed by atoms with Crippen LogP contribution < -0.4 is 0 Å². The summed E-state index contributed by atoms with van der Waals surface area (Å²) in [6.07, 6.45) is 1.91. The topological polar surface area (TPSA) is 17.1 Å². The van der Waals surface area contributed by atoms with Crippen molar-refractivity contribution in [1.29, 1.82) is 0 Å². The molecular weight excluding hydrogens is 104 g/mol. The Morgan fingerprint density at radius 2 is 2.60 bits per heavy atom. The molecule has 0 aromatic rings. The van der Waals surface area contributed by atoms with E-state index in [1.54, 1.807) is 11.8 Å². The Kier molecular flexibility index (Phi) is 4.69. The van der Waals surface area contributed by atoms with Crippen molar-refractivity contribution < 1.29 is 4.21 Å². The fourth-order valence-electron chi connectivity index (χ4n) is 0.0481. The Bertz CT molecular complexity index is 28.8. The smallest absolute Gasteiger partial charge is 0.0975 e. The molecule has 0 heterocycles. The first-order valence-corrected chi connectivity index (χ1v) is 3.46. The van der Waals surface area contributed by atoms with Crippen LogP contribution in [0, 0.1) is 0 Å². The van der Waals surface area contributed by atoms with E-state index in [2.05, 4.69) is 0 Å². The first-order chi connectivity index (χ1) is 2.41. The van der Waals surface area contributed by atoms with Crippen molar-refractivity contribution in [3.63, 3.8) is 0 Å². The van der Waals surface area contributed by atoms with Gasteiger partial charge in [-0.3, -0.25) is 0 Å². The van der Waals surface area contributed by atoms with Gasteiger partial charge in [0, 0.05) is 4.21 Å². The second kappa shape index (κ2) is 4.37. The average molecular weight is 109 g/mol. The van der Waals surface area contributed by atoms with E-state index in [4.69, 9.17) is 0 Å². The van der Waals surface area contributed by atoms with Gasteiger partial charge < -0.3 is 0 Å². The summed E-state index contributed by atoms with van der Waals surface area (Å²) < 4.78 is 9.43. The number of hydrogen-bond acceptors (Lipinski definition) is 2. The van der Waals surface area contributed by atoms with Crippen LogP contribution in [-0.2, 0) is 15.9 Å². The maximum absolute atomic E-state index is 9.43. The normalized spacial score (nSPS) is 7.40. The largest absolute Gasteiger partial charge is 0.470 e. The highest BCUT2D eigenvalue weighted by Crippen LogP contribution is 1.84. The Morgan fingerprint density at radius 3 is 2.60 bits per heavy atom. The Hall–Kier alpha value is 0.370. The highest BCUT2D eigenvalue weighted by molar-refractivity contribution is 8.05. The van der Waals surface area contributed by atoms with E-state index >= 15 is 0 Å². The lowest BCUT2D eigenvalue weighted by Crippen LogP contribution is -1.62. The molecule has 0 bridgehead atoms. The zero-order chi connectivity index (χ0) is 4.12. The van der Waals surface area contributed by atoms with E-state index in [0.29, 0.717) is 16.8 Å². The highest BCUT2D eigenvalue weighted by atomic mass is 32.2. The summed E-state index contributed by atoms with van der Waals surface area (Å²) in [4.78, 5) is 0. The lowest BCUT2D eigenvalue weighted by atomic mass is 11.9. The van der Waals surface area contributed by atoms with E-state index in [9.17, 15) is 4.21 Å². The summed E-state index contributed by atoms with van der Waals surface area (Å²) in [7, 11) is 0. The van der Waals surface area contributed by atoms with Crippen LogP contribution in [-0.4, -0.2) is 11.3 Å². The van der Waals surface area contributed by atoms with Gasteiger partial charge in [0.15, 0.2) is 0 Å². The fraction of sp³-hybridized carbons (Fsp3) is 1.00. The monoisotopic (exact) mass is 109 g/mol. The Morgan fingerprint density at radius 1 is 2.00 bits per heavy atom. The van der Waals surface area contributed by atoms with Gasteiger partial charge >= 0.3 is 11.7 Å². The molecule has 0 aliphatic carbocycles. The Balaban J connectivity index is 2.40. The molecule has 1 nitrogen and oxygen atoms in total. The molecule has 0 aliphatic rings. The molecular formula is C2H5OS2+. The highest BCUT2D eigenvalue weighted by Gasteiger charge is 1.87. The molecule has 0 aromatic carbocycles. The molecule has 0 saturated carbocycles. The molecule has 3 heteroatoms. The van der Waals surface area contributed by atoms with Gasteiger partial charge in [-0.2, -0.15) is 0 Å². The molecule has 0 radical (unpaired) electrons. The summed E-state index contributed by atoms with van der Waals surface area (Å²) in [6.45, 7) is 0. The first kappa shape index (κ1) is 5.37. The molecule has 0 N–H and O–H groups in total. The molecule has 0 aliphatic heterocycles. The van der Waals surface area contributed by atoms with Crippen molar-refractivity contribution in [2.45, 2.75) is 0 Å². The van der Waals surface area contributed by atoms with Crippen molar-refractivity contribution in [2.24, 2.45) is 0 Å². The summed E-state index contributed by atoms with van der Waals surface area (Å²) in [5, 5.41) is 0.667. The zero-order valence-electron chi connectivity index (χ0n) is 2.93. The zero-order valence-corrected chi connectivity index (χ0v) is 4.56. The third-order valence-electron chi connectivity index (χ3n) is 0.166. The van der Waals surface area contributed by atoms with Gasteiger partial charge in [0.25, 0.3) is 5.08 Å². The third kappa shape index (κ3) is 4.37. The maximum Gasteiger partial charge on any atom is 0.470 e.